The number of urea groups is 1. The third kappa shape index (κ3) is 4.10. The van der Waals surface area contributed by atoms with Gasteiger partial charge in [0.05, 0.1) is 0 Å². The molecule has 1 aromatic carbocycles. The van der Waals surface area contributed by atoms with E-state index in [0.717, 1.165) is 36.3 Å². The van der Waals surface area contributed by atoms with E-state index >= 15 is 0 Å². The summed E-state index contributed by atoms with van der Waals surface area (Å²) in [6.45, 7) is 2.18. The maximum absolute atomic E-state index is 12.2. The Morgan fingerprint density at radius 3 is 2.71 bits per heavy atom. The first-order chi connectivity index (χ1) is 11.6. The lowest BCUT2D eigenvalue weighted by molar-refractivity contribution is -0.119. The Balaban J connectivity index is 1.39. The second-order valence-electron chi connectivity index (χ2n) is 6.27. The number of likely N-dealkylation sites (tertiary alicyclic amines) is 1. The molecule has 3 N–H and O–H groups in total. The standard InChI is InChI=1S/C17H23N3O4/c18-16(21)10-13-4-7-20(8-5-13)17(22)19-6-3-12-1-2-14-15(9-12)24-11-23-14/h1-2,9,13H,3-8,10-11H2,(H2,18,21)(H,19,22). The average molecular weight is 333 g/mol. The van der Waals surface area contributed by atoms with Gasteiger partial charge in [-0.1, -0.05) is 6.07 Å². The third-order valence-corrected chi connectivity index (χ3v) is 4.52. The molecule has 2 aliphatic heterocycles. The van der Waals surface area contributed by atoms with Crippen molar-refractivity contribution in [1.82, 2.24) is 10.2 Å². The van der Waals surface area contributed by atoms with Crippen LogP contribution in [-0.4, -0.2) is 43.3 Å². The van der Waals surface area contributed by atoms with Crippen LogP contribution in [0.4, 0.5) is 4.79 Å². The molecule has 0 saturated carbocycles. The molecule has 3 rings (SSSR count). The Hall–Kier alpha value is -2.44. The molecule has 24 heavy (non-hydrogen) atoms. The molecule has 0 unspecified atom stereocenters. The van der Waals surface area contributed by atoms with Crippen LogP contribution in [0.1, 0.15) is 24.8 Å². The Morgan fingerprint density at radius 2 is 1.96 bits per heavy atom. The van der Waals surface area contributed by atoms with Crippen molar-refractivity contribution < 1.29 is 19.1 Å². The Morgan fingerprint density at radius 1 is 1.21 bits per heavy atom. The summed E-state index contributed by atoms with van der Waals surface area (Å²) in [5, 5.41) is 2.95. The predicted molar refractivity (Wildman–Crippen MR) is 87.8 cm³/mol. The van der Waals surface area contributed by atoms with Crippen molar-refractivity contribution in [2.24, 2.45) is 11.7 Å². The summed E-state index contributed by atoms with van der Waals surface area (Å²) in [5.41, 5.74) is 6.32. The van der Waals surface area contributed by atoms with E-state index in [2.05, 4.69) is 5.32 Å². The number of amides is 3. The molecule has 7 nitrogen and oxygen atoms in total. The van der Waals surface area contributed by atoms with Gasteiger partial charge in [0.2, 0.25) is 12.7 Å². The van der Waals surface area contributed by atoms with Gasteiger partial charge in [-0.05, 0) is 42.9 Å². The molecule has 0 aliphatic carbocycles. The summed E-state index contributed by atoms with van der Waals surface area (Å²) in [6.07, 6.45) is 2.82. The Labute approximate surface area is 141 Å². The van der Waals surface area contributed by atoms with Gasteiger partial charge in [0.1, 0.15) is 0 Å². The average Bonchev–Trinajstić information content (AvgIpc) is 3.02. The van der Waals surface area contributed by atoms with E-state index in [-0.39, 0.29) is 18.7 Å². The van der Waals surface area contributed by atoms with Crippen molar-refractivity contribution in [3.8, 4) is 11.5 Å². The van der Waals surface area contributed by atoms with Crippen LogP contribution in [0.5, 0.6) is 11.5 Å². The van der Waals surface area contributed by atoms with Crippen LogP contribution in [0.25, 0.3) is 0 Å². The number of carbonyl (C=O) groups excluding carboxylic acids is 2. The zero-order valence-electron chi connectivity index (χ0n) is 13.6. The number of fused-ring (bicyclic) bond motifs is 1. The van der Waals surface area contributed by atoms with E-state index in [1.54, 1.807) is 4.90 Å². The molecule has 0 atom stereocenters. The van der Waals surface area contributed by atoms with Gasteiger partial charge in [-0.25, -0.2) is 4.79 Å². The molecule has 1 saturated heterocycles. The van der Waals surface area contributed by atoms with E-state index < -0.39 is 0 Å². The van der Waals surface area contributed by atoms with Crippen LogP contribution in [0, 0.1) is 5.92 Å². The molecular formula is C17H23N3O4. The lowest BCUT2D eigenvalue weighted by Crippen LogP contribution is -2.45. The molecule has 0 aromatic heterocycles. The van der Waals surface area contributed by atoms with Crippen molar-refractivity contribution in [2.45, 2.75) is 25.7 Å². The second-order valence-corrected chi connectivity index (χ2v) is 6.27. The highest BCUT2D eigenvalue weighted by atomic mass is 16.7. The van der Waals surface area contributed by atoms with Gasteiger partial charge in [0.25, 0.3) is 0 Å². The van der Waals surface area contributed by atoms with Gasteiger partial charge < -0.3 is 25.4 Å². The molecular weight excluding hydrogens is 310 g/mol. The second kappa shape index (κ2) is 7.42. The number of ether oxygens (including phenoxy) is 2. The highest BCUT2D eigenvalue weighted by molar-refractivity contribution is 5.75. The number of carbonyl (C=O) groups is 2. The molecule has 130 valence electrons. The van der Waals surface area contributed by atoms with Crippen molar-refractivity contribution in [3.05, 3.63) is 23.8 Å². The van der Waals surface area contributed by atoms with E-state index in [1.807, 2.05) is 18.2 Å². The topological polar surface area (TPSA) is 93.9 Å². The van der Waals surface area contributed by atoms with E-state index in [0.29, 0.717) is 32.0 Å². The van der Waals surface area contributed by atoms with Gasteiger partial charge in [0, 0.05) is 26.1 Å². The third-order valence-electron chi connectivity index (χ3n) is 4.52. The number of nitrogens with one attached hydrogen (secondary N) is 1. The van der Waals surface area contributed by atoms with Gasteiger partial charge in [-0.2, -0.15) is 0 Å². The highest BCUT2D eigenvalue weighted by Gasteiger charge is 2.23. The molecule has 3 amide bonds. The number of hydrogen-bond acceptors (Lipinski definition) is 4. The van der Waals surface area contributed by atoms with E-state index in [1.165, 1.54) is 0 Å². The number of nitrogens with zero attached hydrogens (tertiary/aromatic N) is 1. The summed E-state index contributed by atoms with van der Waals surface area (Å²) in [5.74, 6) is 1.57. The highest BCUT2D eigenvalue weighted by Crippen LogP contribution is 2.32. The normalized spacial score (nSPS) is 16.9. The number of hydrogen-bond donors (Lipinski definition) is 2. The Bertz CT molecular complexity index is 612. The zero-order chi connectivity index (χ0) is 16.9. The number of benzene rings is 1. The van der Waals surface area contributed by atoms with Crippen molar-refractivity contribution in [2.75, 3.05) is 26.4 Å². The van der Waals surface area contributed by atoms with Crippen LogP contribution in [-0.2, 0) is 11.2 Å². The first kappa shape index (κ1) is 16.4. The fraction of sp³-hybridized carbons (Fsp3) is 0.529. The van der Waals surface area contributed by atoms with Gasteiger partial charge >= 0.3 is 6.03 Å². The van der Waals surface area contributed by atoms with Gasteiger partial charge in [0.15, 0.2) is 11.5 Å². The quantitative estimate of drug-likeness (QED) is 0.848. The number of piperidine rings is 1. The smallest absolute Gasteiger partial charge is 0.317 e. The fourth-order valence-corrected chi connectivity index (χ4v) is 3.15. The summed E-state index contributed by atoms with van der Waals surface area (Å²) < 4.78 is 10.6. The molecule has 0 bridgehead atoms. The maximum Gasteiger partial charge on any atom is 0.317 e. The minimum absolute atomic E-state index is 0.0479. The monoisotopic (exact) mass is 333 g/mol. The van der Waals surface area contributed by atoms with Crippen LogP contribution >= 0.6 is 0 Å². The van der Waals surface area contributed by atoms with Crippen molar-refractivity contribution in [3.63, 3.8) is 0 Å². The number of rotatable bonds is 5. The lowest BCUT2D eigenvalue weighted by Gasteiger charge is -2.31. The fourth-order valence-electron chi connectivity index (χ4n) is 3.15. The molecule has 2 heterocycles. The summed E-state index contributed by atoms with van der Waals surface area (Å²) >= 11 is 0. The molecule has 0 spiro atoms. The van der Waals surface area contributed by atoms with Crippen molar-refractivity contribution >= 4 is 11.9 Å². The number of primary amides is 1. The molecule has 1 fully saturated rings. The van der Waals surface area contributed by atoms with Gasteiger partial charge in [-0.15, -0.1) is 0 Å². The zero-order valence-corrected chi connectivity index (χ0v) is 13.6. The molecule has 7 heteroatoms. The van der Waals surface area contributed by atoms with Crippen molar-refractivity contribution in [1.29, 1.82) is 0 Å². The van der Waals surface area contributed by atoms with Crippen LogP contribution < -0.4 is 20.5 Å². The summed E-state index contributed by atoms with van der Waals surface area (Å²) in [6, 6.07) is 5.77. The van der Waals surface area contributed by atoms with E-state index in [4.69, 9.17) is 15.2 Å². The lowest BCUT2D eigenvalue weighted by atomic mass is 9.93. The molecule has 1 aromatic rings. The molecule has 2 aliphatic rings. The minimum Gasteiger partial charge on any atom is -0.454 e. The van der Waals surface area contributed by atoms with Crippen LogP contribution in [0.2, 0.25) is 0 Å². The summed E-state index contributed by atoms with van der Waals surface area (Å²) in [4.78, 5) is 24.9. The summed E-state index contributed by atoms with van der Waals surface area (Å²) in [7, 11) is 0. The maximum atomic E-state index is 12.2. The minimum atomic E-state index is -0.262. The molecule has 0 radical (unpaired) electrons. The van der Waals surface area contributed by atoms with E-state index in [9.17, 15) is 9.59 Å². The number of nitrogens with two attached hydrogens (primary N) is 1. The van der Waals surface area contributed by atoms with Crippen LogP contribution in [0.15, 0.2) is 18.2 Å². The van der Waals surface area contributed by atoms with Crippen LogP contribution in [0.3, 0.4) is 0 Å². The first-order valence-corrected chi connectivity index (χ1v) is 8.31. The van der Waals surface area contributed by atoms with Gasteiger partial charge in [-0.3, -0.25) is 4.79 Å². The SMILES string of the molecule is NC(=O)CC1CCN(C(=O)NCCc2ccc3c(c2)OCO3)CC1. The first-order valence-electron chi connectivity index (χ1n) is 8.31. The largest absolute Gasteiger partial charge is 0.454 e. The predicted octanol–water partition coefficient (Wildman–Crippen LogP) is 1.25. The Kier molecular flexibility index (Phi) is 5.08.